The average Bonchev–Trinajstić information content (AvgIpc) is 3.03. The number of halogens is 3. The number of pyridine rings is 1. The Morgan fingerprint density at radius 1 is 1.21 bits per heavy atom. The van der Waals surface area contributed by atoms with E-state index in [-0.39, 0.29) is 11.7 Å². The number of benzene rings is 1. The maximum atomic E-state index is 12.7. The smallest absolute Gasteiger partial charge is 0.380 e. The van der Waals surface area contributed by atoms with Gasteiger partial charge in [-0.2, -0.15) is 18.3 Å². The van der Waals surface area contributed by atoms with Crippen molar-refractivity contribution in [3.8, 4) is 5.82 Å². The van der Waals surface area contributed by atoms with Gasteiger partial charge in [0.25, 0.3) is 5.91 Å². The number of carbonyl (C=O) groups excluding carboxylic acids is 1. The van der Waals surface area contributed by atoms with Crippen LogP contribution in [-0.2, 0) is 17.5 Å². The Morgan fingerprint density at radius 3 is 2.64 bits per heavy atom. The summed E-state index contributed by atoms with van der Waals surface area (Å²) in [6, 6.07) is 9.33. The molecule has 0 spiro atoms. The zero-order chi connectivity index (χ0) is 20.3. The largest absolute Gasteiger partial charge is 0.417 e. The number of anilines is 1. The molecule has 28 heavy (non-hydrogen) atoms. The summed E-state index contributed by atoms with van der Waals surface area (Å²) in [5.74, 6) is -0.197. The molecule has 1 aromatic carbocycles. The third-order valence-corrected chi connectivity index (χ3v) is 4.04. The molecule has 3 rings (SSSR count). The molecular formula is C19H17F3N4O2. The van der Waals surface area contributed by atoms with Gasteiger partial charge in [0.2, 0.25) is 0 Å². The lowest BCUT2D eigenvalue weighted by molar-refractivity contribution is -0.137. The van der Waals surface area contributed by atoms with Crippen molar-refractivity contribution in [3.63, 3.8) is 0 Å². The van der Waals surface area contributed by atoms with Crippen molar-refractivity contribution in [2.45, 2.75) is 19.7 Å². The maximum absolute atomic E-state index is 12.7. The normalized spacial score (nSPS) is 11.5. The molecule has 3 aromatic rings. The first-order valence-corrected chi connectivity index (χ1v) is 8.27. The summed E-state index contributed by atoms with van der Waals surface area (Å²) in [5.41, 5.74) is 1.40. The van der Waals surface area contributed by atoms with Gasteiger partial charge >= 0.3 is 6.18 Å². The van der Waals surface area contributed by atoms with Crippen molar-refractivity contribution in [2.75, 3.05) is 12.4 Å². The number of aromatic nitrogens is 3. The quantitative estimate of drug-likeness (QED) is 0.715. The van der Waals surface area contributed by atoms with Crippen molar-refractivity contribution in [1.82, 2.24) is 14.8 Å². The molecule has 6 nitrogen and oxygen atoms in total. The Morgan fingerprint density at radius 2 is 2.00 bits per heavy atom. The topological polar surface area (TPSA) is 69.0 Å². The number of hydrogen-bond acceptors (Lipinski definition) is 4. The monoisotopic (exact) mass is 390 g/mol. The van der Waals surface area contributed by atoms with E-state index >= 15 is 0 Å². The molecule has 1 amide bonds. The minimum absolute atomic E-state index is 0.187. The molecule has 0 aliphatic rings. The lowest BCUT2D eigenvalue weighted by Gasteiger charge is -2.09. The van der Waals surface area contributed by atoms with Gasteiger partial charge in [0, 0.05) is 19.0 Å². The van der Waals surface area contributed by atoms with Crippen molar-refractivity contribution in [2.24, 2.45) is 0 Å². The number of nitrogens with one attached hydrogen (secondary N) is 1. The van der Waals surface area contributed by atoms with Gasteiger partial charge in [-0.1, -0.05) is 12.1 Å². The summed E-state index contributed by atoms with van der Waals surface area (Å²) >= 11 is 0. The molecule has 0 bridgehead atoms. The molecule has 146 valence electrons. The van der Waals surface area contributed by atoms with E-state index in [1.54, 1.807) is 32.2 Å². The van der Waals surface area contributed by atoms with Gasteiger partial charge in [0.15, 0.2) is 5.82 Å². The molecule has 0 atom stereocenters. The van der Waals surface area contributed by atoms with Gasteiger partial charge in [-0.25, -0.2) is 9.67 Å². The number of methoxy groups -OCH3 is 1. The molecule has 0 aliphatic heterocycles. The highest BCUT2D eigenvalue weighted by molar-refractivity contribution is 6.05. The van der Waals surface area contributed by atoms with E-state index in [4.69, 9.17) is 4.74 Å². The predicted molar refractivity (Wildman–Crippen MR) is 96.2 cm³/mol. The Bertz CT molecular complexity index is 982. The predicted octanol–water partition coefficient (Wildman–Crippen LogP) is 3.99. The molecule has 0 unspecified atom stereocenters. The highest BCUT2D eigenvalue weighted by Gasteiger charge is 2.30. The van der Waals surface area contributed by atoms with Gasteiger partial charge in [0.05, 0.1) is 29.6 Å². The maximum Gasteiger partial charge on any atom is 0.417 e. The summed E-state index contributed by atoms with van der Waals surface area (Å²) in [6.07, 6.45) is -2.38. The Balaban J connectivity index is 1.80. The summed E-state index contributed by atoms with van der Waals surface area (Å²) in [4.78, 5) is 16.4. The lowest BCUT2D eigenvalue weighted by Crippen LogP contribution is -2.13. The molecule has 0 aliphatic carbocycles. The average molecular weight is 390 g/mol. The molecule has 0 fully saturated rings. The Kier molecular flexibility index (Phi) is 5.46. The van der Waals surface area contributed by atoms with Gasteiger partial charge in [-0.3, -0.25) is 4.79 Å². The first-order valence-electron chi connectivity index (χ1n) is 8.27. The van der Waals surface area contributed by atoms with Crippen LogP contribution in [0.1, 0.15) is 27.2 Å². The number of hydrogen-bond donors (Lipinski definition) is 1. The number of nitrogens with zero attached hydrogens (tertiary/aromatic N) is 3. The second-order valence-corrected chi connectivity index (χ2v) is 6.05. The van der Waals surface area contributed by atoms with Crippen molar-refractivity contribution >= 4 is 11.6 Å². The van der Waals surface area contributed by atoms with Crippen LogP contribution in [0.2, 0.25) is 0 Å². The number of carbonyl (C=O) groups is 1. The van der Waals surface area contributed by atoms with Crippen LogP contribution in [0.25, 0.3) is 5.82 Å². The lowest BCUT2D eigenvalue weighted by atomic mass is 10.2. The minimum atomic E-state index is -4.47. The molecule has 0 saturated heterocycles. The molecule has 9 heteroatoms. The standard InChI is InChI=1S/C19H17F3N4O2/c1-12-16(18(27)25-15-5-3-4-13(8-15)11-28-2)10-24-26(12)17-7-6-14(9-23-17)19(20,21)22/h3-10H,11H2,1-2H3,(H,25,27). The Hall–Kier alpha value is -3.20. The molecule has 1 N–H and O–H groups in total. The summed E-state index contributed by atoms with van der Waals surface area (Å²) in [6.45, 7) is 2.06. The third kappa shape index (κ3) is 4.20. The minimum Gasteiger partial charge on any atom is -0.380 e. The highest BCUT2D eigenvalue weighted by Crippen LogP contribution is 2.28. The van der Waals surface area contributed by atoms with Crippen LogP contribution in [0.15, 0.2) is 48.8 Å². The van der Waals surface area contributed by atoms with Gasteiger partial charge in [0.1, 0.15) is 0 Å². The first kappa shape index (κ1) is 19.6. The van der Waals surface area contributed by atoms with E-state index in [0.717, 1.165) is 17.8 Å². The van der Waals surface area contributed by atoms with Gasteiger partial charge < -0.3 is 10.1 Å². The van der Waals surface area contributed by atoms with Crippen molar-refractivity contribution < 1.29 is 22.7 Å². The van der Waals surface area contributed by atoms with Gasteiger partial charge in [-0.05, 0) is 36.8 Å². The second kappa shape index (κ2) is 7.81. The summed E-state index contributed by atoms with van der Waals surface area (Å²) < 4.78 is 44.4. The van der Waals surface area contributed by atoms with Crippen LogP contribution >= 0.6 is 0 Å². The third-order valence-electron chi connectivity index (χ3n) is 4.04. The number of amides is 1. The fraction of sp³-hybridized carbons (Fsp3) is 0.211. The van der Waals surface area contributed by atoms with Crippen LogP contribution in [0.4, 0.5) is 18.9 Å². The SMILES string of the molecule is COCc1cccc(NC(=O)c2cnn(-c3ccc(C(F)(F)F)cn3)c2C)c1. The van der Waals surface area contributed by atoms with Crippen LogP contribution in [0.3, 0.4) is 0 Å². The molecule has 2 heterocycles. The van der Waals surface area contributed by atoms with Crippen LogP contribution < -0.4 is 5.32 Å². The van der Waals surface area contributed by atoms with E-state index in [2.05, 4.69) is 15.4 Å². The first-order chi connectivity index (χ1) is 13.3. The number of ether oxygens (including phenoxy) is 1. The molecule has 0 saturated carbocycles. The van der Waals surface area contributed by atoms with E-state index < -0.39 is 11.7 Å². The molecule has 2 aromatic heterocycles. The summed E-state index contributed by atoms with van der Waals surface area (Å²) in [5, 5.41) is 6.85. The van der Waals surface area contributed by atoms with Crippen LogP contribution in [0.5, 0.6) is 0 Å². The van der Waals surface area contributed by atoms with Crippen LogP contribution in [-0.4, -0.2) is 27.8 Å². The van der Waals surface area contributed by atoms with Crippen molar-refractivity contribution in [1.29, 1.82) is 0 Å². The number of alkyl halides is 3. The highest BCUT2D eigenvalue weighted by atomic mass is 19.4. The van der Waals surface area contributed by atoms with Crippen LogP contribution in [0, 0.1) is 6.92 Å². The van der Waals surface area contributed by atoms with E-state index in [0.29, 0.717) is 23.6 Å². The van der Waals surface area contributed by atoms with Crippen molar-refractivity contribution in [3.05, 3.63) is 71.2 Å². The Labute approximate surface area is 159 Å². The van der Waals surface area contributed by atoms with E-state index in [9.17, 15) is 18.0 Å². The molecular weight excluding hydrogens is 373 g/mol. The molecule has 0 radical (unpaired) electrons. The summed E-state index contributed by atoms with van der Waals surface area (Å²) in [7, 11) is 1.58. The zero-order valence-electron chi connectivity index (χ0n) is 15.1. The zero-order valence-corrected chi connectivity index (χ0v) is 15.1. The van der Waals surface area contributed by atoms with E-state index in [1.165, 1.54) is 16.9 Å². The van der Waals surface area contributed by atoms with E-state index in [1.807, 2.05) is 6.07 Å². The fourth-order valence-corrected chi connectivity index (χ4v) is 2.65. The van der Waals surface area contributed by atoms with Gasteiger partial charge in [-0.15, -0.1) is 0 Å². The second-order valence-electron chi connectivity index (χ2n) is 6.05. The fourth-order valence-electron chi connectivity index (χ4n) is 2.65. The number of rotatable bonds is 5.